The maximum Gasteiger partial charge on any atom is 0.272 e. The number of alkyl halides is 2. The molecule has 0 amide bonds. The summed E-state index contributed by atoms with van der Waals surface area (Å²) >= 11 is 0. The molecule has 0 aliphatic carbocycles. The monoisotopic (exact) mass is 220 g/mol. The minimum absolute atomic E-state index is 0.236. The van der Waals surface area contributed by atoms with Crippen molar-refractivity contribution in [2.75, 3.05) is 6.61 Å². The van der Waals surface area contributed by atoms with Crippen LogP contribution in [0.1, 0.15) is 18.6 Å². The highest BCUT2D eigenvalue weighted by atomic mass is 19.3. The zero-order valence-electron chi connectivity index (χ0n) is 8.08. The summed E-state index contributed by atoms with van der Waals surface area (Å²) in [7, 11) is 0. The molecule has 1 aromatic carbocycles. The second kappa shape index (κ2) is 5.02. The zero-order valence-corrected chi connectivity index (χ0v) is 8.08. The molecule has 0 saturated carbocycles. The quantitative estimate of drug-likeness (QED) is 0.844. The first kappa shape index (κ1) is 11.8. The van der Waals surface area contributed by atoms with Crippen molar-refractivity contribution in [1.82, 2.24) is 0 Å². The number of hydrogen-bond acceptors (Lipinski definition) is 2. The van der Waals surface area contributed by atoms with Crippen LogP contribution in [0.15, 0.2) is 18.2 Å². The van der Waals surface area contributed by atoms with Crippen molar-refractivity contribution in [1.29, 1.82) is 0 Å². The van der Waals surface area contributed by atoms with E-state index in [1.165, 1.54) is 19.1 Å². The Morgan fingerprint density at radius 2 is 2.07 bits per heavy atom. The summed E-state index contributed by atoms with van der Waals surface area (Å²) in [5.41, 5.74) is 0.372. The van der Waals surface area contributed by atoms with Crippen molar-refractivity contribution in [3.63, 3.8) is 0 Å². The molecule has 15 heavy (non-hydrogen) atoms. The van der Waals surface area contributed by atoms with E-state index < -0.39 is 25.0 Å². The average molecular weight is 220 g/mol. The van der Waals surface area contributed by atoms with Gasteiger partial charge >= 0.3 is 0 Å². The number of rotatable bonds is 4. The Hall–Kier alpha value is -1.23. The van der Waals surface area contributed by atoms with Crippen LogP contribution in [0.2, 0.25) is 0 Å². The molecule has 2 nitrogen and oxygen atoms in total. The van der Waals surface area contributed by atoms with E-state index in [-0.39, 0.29) is 5.75 Å². The maximum absolute atomic E-state index is 13.2. The van der Waals surface area contributed by atoms with Gasteiger partial charge in [-0.25, -0.2) is 13.2 Å². The lowest BCUT2D eigenvalue weighted by Gasteiger charge is -2.09. The lowest BCUT2D eigenvalue weighted by molar-refractivity contribution is 0.0798. The van der Waals surface area contributed by atoms with Crippen LogP contribution in [0, 0.1) is 5.82 Å². The molecular formula is C10H11F3O2. The fraction of sp³-hybridized carbons (Fsp3) is 0.400. The van der Waals surface area contributed by atoms with Crippen molar-refractivity contribution < 1.29 is 23.0 Å². The van der Waals surface area contributed by atoms with Crippen LogP contribution in [-0.4, -0.2) is 18.1 Å². The second-order valence-corrected chi connectivity index (χ2v) is 3.07. The molecule has 1 unspecified atom stereocenters. The summed E-state index contributed by atoms with van der Waals surface area (Å²) in [6, 6.07) is 3.71. The van der Waals surface area contributed by atoms with E-state index in [9.17, 15) is 13.2 Å². The normalized spacial score (nSPS) is 12.9. The predicted octanol–water partition coefficient (Wildman–Crippen LogP) is 2.52. The van der Waals surface area contributed by atoms with Crippen molar-refractivity contribution in [2.24, 2.45) is 0 Å². The lowest BCUT2D eigenvalue weighted by Crippen LogP contribution is -2.08. The van der Waals surface area contributed by atoms with Gasteiger partial charge in [0.15, 0.2) is 11.6 Å². The fourth-order valence-electron chi connectivity index (χ4n) is 1.05. The van der Waals surface area contributed by atoms with Gasteiger partial charge in [0.25, 0.3) is 6.43 Å². The van der Waals surface area contributed by atoms with Crippen LogP contribution in [0.5, 0.6) is 5.75 Å². The molecule has 0 aromatic heterocycles. The number of aliphatic hydroxyl groups excluding tert-OH is 1. The molecule has 0 saturated heterocycles. The molecule has 0 aliphatic rings. The molecule has 0 aliphatic heterocycles. The molecule has 0 radical (unpaired) electrons. The molecule has 0 spiro atoms. The summed E-state index contributed by atoms with van der Waals surface area (Å²) in [5.74, 6) is -0.992. The van der Waals surface area contributed by atoms with Gasteiger partial charge in [-0.15, -0.1) is 0 Å². The Labute approximate surface area is 85.3 Å². The van der Waals surface area contributed by atoms with Crippen molar-refractivity contribution >= 4 is 0 Å². The summed E-state index contributed by atoms with van der Waals surface area (Å²) < 4.78 is 41.3. The Balaban J connectivity index is 2.75. The summed E-state index contributed by atoms with van der Waals surface area (Å²) in [4.78, 5) is 0. The minimum atomic E-state index is -2.64. The Kier molecular flexibility index (Phi) is 3.96. The van der Waals surface area contributed by atoms with Gasteiger partial charge < -0.3 is 9.84 Å². The molecule has 0 bridgehead atoms. The first-order chi connectivity index (χ1) is 7.00. The molecular weight excluding hydrogens is 209 g/mol. The first-order valence-corrected chi connectivity index (χ1v) is 4.39. The van der Waals surface area contributed by atoms with E-state index in [4.69, 9.17) is 5.11 Å². The molecule has 0 fully saturated rings. The number of aliphatic hydroxyl groups is 1. The SMILES string of the molecule is CC(O)c1ccc(OCC(F)F)c(F)c1. The summed E-state index contributed by atoms with van der Waals surface area (Å²) in [5, 5.41) is 9.13. The molecule has 0 heterocycles. The van der Waals surface area contributed by atoms with Gasteiger partial charge in [0.05, 0.1) is 6.10 Å². The van der Waals surface area contributed by atoms with Gasteiger partial charge in [-0.2, -0.15) is 0 Å². The number of halogens is 3. The third kappa shape index (κ3) is 3.43. The Morgan fingerprint density at radius 3 is 2.53 bits per heavy atom. The number of hydrogen-bond donors (Lipinski definition) is 1. The largest absolute Gasteiger partial charge is 0.485 e. The number of benzene rings is 1. The van der Waals surface area contributed by atoms with Gasteiger partial charge in [0.2, 0.25) is 0 Å². The average Bonchev–Trinajstić information content (AvgIpc) is 2.15. The van der Waals surface area contributed by atoms with E-state index in [2.05, 4.69) is 4.74 Å². The Morgan fingerprint density at radius 1 is 1.40 bits per heavy atom. The molecule has 1 aromatic rings. The van der Waals surface area contributed by atoms with Crippen molar-refractivity contribution in [3.8, 4) is 5.75 Å². The van der Waals surface area contributed by atoms with Crippen LogP contribution in [0.25, 0.3) is 0 Å². The highest BCUT2D eigenvalue weighted by Gasteiger charge is 2.10. The third-order valence-corrected chi connectivity index (χ3v) is 1.80. The lowest BCUT2D eigenvalue weighted by atomic mass is 10.1. The van der Waals surface area contributed by atoms with Gasteiger partial charge in [0, 0.05) is 0 Å². The fourth-order valence-corrected chi connectivity index (χ4v) is 1.05. The topological polar surface area (TPSA) is 29.5 Å². The summed E-state index contributed by atoms with van der Waals surface area (Å²) in [6.45, 7) is 0.638. The van der Waals surface area contributed by atoms with Crippen LogP contribution in [-0.2, 0) is 0 Å². The van der Waals surface area contributed by atoms with E-state index >= 15 is 0 Å². The Bertz CT molecular complexity index is 326. The standard InChI is InChI=1S/C10H11F3O2/c1-6(14)7-2-3-9(8(11)4-7)15-5-10(12)13/h2-4,6,10,14H,5H2,1H3. The molecule has 1 N–H and O–H groups in total. The zero-order chi connectivity index (χ0) is 11.4. The predicted molar refractivity (Wildman–Crippen MR) is 48.5 cm³/mol. The van der Waals surface area contributed by atoms with Gasteiger partial charge in [-0.1, -0.05) is 6.07 Å². The van der Waals surface area contributed by atoms with Crippen molar-refractivity contribution in [2.45, 2.75) is 19.5 Å². The van der Waals surface area contributed by atoms with Crippen LogP contribution in [0.3, 0.4) is 0 Å². The molecule has 5 heteroatoms. The molecule has 1 atom stereocenters. The van der Waals surface area contributed by atoms with Crippen LogP contribution < -0.4 is 4.74 Å². The van der Waals surface area contributed by atoms with E-state index in [1.54, 1.807) is 0 Å². The van der Waals surface area contributed by atoms with E-state index in [1.807, 2.05) is 0 Å². The second-order valence-electron chi connectivity index (χ2n) is 3.07. The van der Waals surface area contributed by atoms with Crippen LogP contribution >= 0.6 is 0 Å². The molecule has 84 valence electrons. The van der Waals surface area contributed by atoms with Gasteiger partial charge in [0.1, 0.15) is 6.61 Å². The van der Waals surface area contributed by atoms with Crippen molar-refractivity contribution in [3.05, 3.63) is 29.6 Å². The van der Waals surface area contributed by atoms with Crippen LogP contribution in [0.4, 0.5) is 13.2 Å². The third-order valence-electron chi connectivity index (χ3n) is 1.80. The minimum Gasteiger partial charge on any atom is -0.485 e. The first-order valence-electron chi connectivity index (χ1n) is 4.39. The van der Waals surface area contributed by atoms with Gasteiger partial charge in [-0.05, 0) is 24.6 Å². The van der Waals surface area contributed by atoms with E-state index in [0.717, 1.165) is 6.07 Å². The number of ether oxygens (including phenoxy) is 1. The highest BCUT2D eigenvalue weighted by Crippen LogP contribution is 2.22. The highest BCUT2D eigenvalue weighted by molar-refractivity contribution is 5.30. The van der Waals surface area contributed by atoms with Gasteiger partial charge in [-0.3, -0.25) is 0 Å². The van der Waals surface area contributed by atoms with E-state index in [0.29, 0.717) is 5.56 Å². The summed E-state index contributed by atoms with van der Waals surface area (Å²) in [6.07, 6.45) is -3.44. The maximum atomic E-state index is 13.2. The smallest absolute Gasteiger partial charge is 0.272 e. The molecule has 1 rings (SSSR count).